The average molecular weight is 433 g/mol. The molecule has 0 bridgehead atoms. The van der Waals surface area contributed by atoms with Gasteiger partial charge in [0, 0.05) is 6.42 Å². The van der Waals surface area contributed by atoms with Gasteiger partial charge in [0.15, 0.2) is 0 Å². The fourth-order valence-electron chi connectivity index (χ4n) is 2.46. The van der Waals surface area contributed by atoms with Gasteiger partial charge in [0.1, 0.15) is 17.7 Å². The molecule has 30 heavy (non-hydrogen) atoms. The van der Waals surface area contributed by atoms with Crippen LogP contribution in [0.5, 0.6) is 0 Å². The molecule has 0 radical (unpaired) electrons. The fraction of sp³-hybridized carbons (Fsp3) is 0.800. The Balaban J connectivity index is 4.67. The highest BCUT2D eigenvalue weighted by Crippen LogP contribution is 2.09. The summed E-state index contributed by atoms with van der Waals surface area (Å²) >= 11 is 0. The molecule has 0 aromatic carbocycles. The quantitative estimate of drug-likeness (QED) is 0.254. The third kappa shape index (κ3) is 13.0. The molecule has 0 aromatic rings. The Kier molecular flexibility index (Phi) is 13.4. The van der Waals surface area contributed by atoms with Gasteiger partial charge in [-0.3, -0.25) is 9.59 Å². The summed E-state index contributed by atoms with van der Waals surface area (Å²) in [5.41, 5.74) is -0.696. The molecule has 1 unspecified atom stereocenters. The smallest absolute Gasteiger partial charge is 0.408 e. The molecule has 1 amide bonds. The van der Waals surface area contributed by atoms with Crippen molar-refractivity contribution in [2.45, 2.75) is 78.0 Å². The van der Waals surface area contributed by atoms with Crippen molar-refractivity contribution in [2.75, 3.05) is 26.9 Å². The predicted molar refractivity (Wildman–Crippen MR) is 109 cm³/mol. The number of amides is 1. The molecule has 2 N–H and O–H groups in total. The first-order valence-corrected chi connectivity index (χ1v) is 10.2. The van der Waals surface area contributed by atoms with E-state index >= 15 is 0 Å². The molecule has 0 aromatic heterocycles. The first-order valence-electron chi connectivity index (χ1n) is 10.2. The van der Waals surface area contributed by atoms with Crippen LogP contribution in [0.25, 0.3) is 0 Å². The van der Waals surface area contributed by atoms with Gasteiger partial charge in [-0.05, 0) is 60.4 Å². The second-order valence-electron chi connectivity index (χ2n) is 7.47. The molecular weight excluding hydrogens is 396 g/mol. The van der Waals surface area contributed by atoms with Crippen LogP contribution in [0.4, 0.5) is 4.79 Å². The summed E-state index contributed by atoms with van der Waals surface area (Å²) < 4.78 is 19.8. The van der Waals surface area contributed by atoms with E-state index in [2.05, 4.69) is 10.6 Å². The van der Waals surface area contributed by atoms with E-state index in [4.69, 9.17) is 18.9 Å². The molecule has 0 fully saturated rings. The normalized spacial score (nSPS) is 13.0. The van der Waals surface area contributed by atoms with E-state index in [1.165, 1.54) is 7.11 Å². The summed E-state index contributed by atoms with van der Waals surface area (Å²) in [4.78, 5) is 47.5. The molecule has 174 valence electrons. The third-order valence-corrected chi connectivity index (χ3v) is 3.75. The maximum absolute atomic E-state index is 12.1. The number of hydrogen-bond donors (Lipinski definition) is 2. The van der Waals surface area contributed by atoms with Crippen LogP contribution >= 0.6 is 0 Å². The Bertz CT molecular complexity index is 559. The fourth-order valence-corrected chi connectivity index (χ4v) is 2.46. The molecule has 0 rings (SSSR count). The number of methoxy groups -OCH3 is 1. The molecule has 2 atom stereocenters. The maximum Gasteiger partial charge on any atom is 0.408 e. The predicted octanol–water partition coefficient (Wildman–Crippen LogP) is 1.70. The zero-order valence-electron chi connectivity index (χ0n) is 18.9. The lowest BCUT2D eigenvalue weighted by atomic mass is 10.1. The number of esters is 3. The minimum atomic E-state index is -0.882. The van der Waals surface area contributed by atoms with Crippen molar-refractivity contribution in [3.05, 3.63) is 0 Å². The summed E-state index contributed by atoms with van der Waals surface area (Å²) in [6, 6.07) is -1.56. The molecule has 0 aliphatic heterocycles. The zero-order valence-corrected chi connectivity index (χ0v) is 18.9. The summed E-state index contributed by atoms with van der Waals surface area (Å²) in [6.07, 6.45) is 0.311. The average Bonchev–Trinajstić information content (AvgIpc) is 2.64. The van der Waals surface area contributed by atoms with Crippen LogP contribution in [0.3, 0.4) is 0 Å². The summed E-state index contributed by atoms with van der Waals surface area (Å²) in [6.45, 7) is 9.42. The second-order valence-corrected chi connectivity index (χ2v) is 7.47. The van der Waals surface area contributed by atoms with E-state index in [-0.39, 0.29) is 38.4 Å². The van der Waals surface area contributed by atoms with Gasteiger partial charge >= 0.3 is 24.0 Å². The van der Waals surface area contributed by atoms with Crippen molar-refractivity contribution in [1.29, 1.82) is 0 Å². The van der Waals surface area contributed by atoms with Gasteiger partial charge in [-0.25, -0.2) is 9.59 Å². The maximum atomic E-state index is 12.1. The second kappa shape index (κ2) is 14.6. The molecule has 0 aliphatic rings. The minimum absolute atomic E-state index is 0.0787. The lowest BCUT2D eigenvalue weighted by Crippen LogP contribution is -2.44. The summed E-state index contributed by atoms with van der Waals surface area (Å²) in [5, 5.41) is 5.52. The Hall–Kier alpha value is -2.36. The van der Waals surface area contributed by atoms with E-state index in [0.29, 0.717) is 13.0 Å². The van der Waals surface area contributed by atoms with Crippen LogP contribution < -0.4 is 10.6 Å². The number of alkyl carbamates (subject to hydrolysis) is 1. The first kappa shape index (κ1) is 27.6. The van der Waals surface area contributed by atoms with Gasteiger partial charge in [0.05, 0.1) is 20.3 Å². The molecule has 0 aliphatic carbocycles. The van der Waals surface area contributed by atoms with E-state index in [1.54, 1.807) is 34.6 Å². The molecule has 10 nitrogen and oxygen atoms in total. The van der Waals surface area contributed by atoms with E-state index in [0.717, 1.165) is 0 Å². The van der Waals surface area contributed by atoms with E-state index in [1.807, 2.05) is 0 Å². The Morgan fingerprint density at radius 2 is 1.53 bits per heavy atom. The first-order chi connectivity index (χ1) is 14.0. The lowest BCUT2D eigenvalue weighted by Gasteiger charge is -2.23. The van der Waals surface area contributed by atoms with E-state index in [9.17, 15) is 19.2 Å². The van der Waals surface area contributed by atoms with Crippen LogP contribution in [0, 0.1) is 0 Å². The van der Waals surface area contributed by atoms with Crippen LogP contribution in [0.1, 0.15) is 60.3 Å². The van der Waals surface area contributed by atoms with Gasteiger partial charge in [-0.2, -0.15) is 0 Å². The third-order valence-electron chi connectivity index (χ3n) is 3.75. The van der Waals surface area contributed by atoms with Gasteiger partial charge in [-0.15, -0.1) is 0 Å². The number of nitrogens with one attached hydrogen (secondary N) is 2. The van der Waals surface area contributed by atoms with Gasteiger partial charge in [0.2, 0.25) is 0 Å². The molecule has 10 heteroatoms. The van der Waals surface area contributed by atoms with Crippen LogP contribution in [0.2, 0.25) is 0 Å². The van der Waals surface area contributed by atoms with Crippen LogP contribution in [-0.4, -0.2) is 68.6 Å². The summed E-state index contributed by atoms with van der Waals surface area (Å²) in [5.74, 6) is -1.44. The Morgan fingerprint density at radius 1 is 0.900 bits per heavy atom. The number of carbonyl (C=O) groups is 4. The van der Waals surface area contributed by atoms with Crippen molar-refractivity contribution in [3.8, 4) is 0 Å². The highest BCUT2D eigenvalue weighted by atomic mass is 16.6. The highest BCUT2D eigenvalue weighted by Gasteiger charge is 2.25. The van der Waals surface area contributed by atoms with Crippen molar-refractivity contribution < 1.29 is 38.1 Å². The van der Waals surface area contributed by atoms with Gasteiger partial charge < -0.3 is 29.6 Å². The standard InChI is InChI=1S/C20H36N2O8/c1-7-28-16(23)12-11-14(18(25)29-8-2)21-13-9-10-15(17(24)27-6)22-19(26)30-20(3,4)5/h14-15,21H,7-13H2,1-6H3,(H,22,26)/t14?,15-/m0/s1. The molecule has 0 saturated carbocycles. The molecular formula is C20H36N2O8. The van der Waals surface area contributed by atoms with Crippen molar-refractivity contribution in [3.63, 3.8) is 0 Å². The van der Waals surface area contributed by atoms with Crippen LogP contribution in [-0.2, 0) is 33.3 Å². The monoisotopic (exact) mass is 432 g/mol. The topological polar surface area (TPSA) is 129 Å². The largest absolute Gasteiger partial charge is 0.467 e. The lowest BCUT2D eigenvalue weighted by molar-refractivity contribution is -0.147. The summed E-state index contributed by atoms with van der Waals surface area (Å²) in [7, 11) is 1.23. The molecule has 0 spiro atoms. The van der Waals surface area contributed by atoms with Crippen molar-refractivity contribution in [2.24, 2.45) is 0 Å². The molecule has 0 saturated heterocycles. The Labute approximate surface area is 178 Å². The van der Waals surface area contributed by atoms with Crippen molar-refractivity contribution in [1.82, 2.24) is 10.6 Å². The zero-order chi connectivity index (χ0) is 23.2. The number of hydrogen-bond acceptors (Lipinski definition) is 9. The SMILES string of the molecule is CCOC(=O)CCC(NCCC[C@H](NC(=O)OC(C)(C)C)C(=O)OC)C(=O)OCC. The van der Waals surface area contributed by atoms with Crippen LogP contribution in [0.15, 0.2) is 0 Å². The minimum Gasteiger partial charge on any atom is -0.467 e. The van der Waals surface area contributed by atoms with E-state index < -0.39 is 35.7 Å². The number of ether oxygens (including phenoxy) is 4. The Morgan fingerprint density at radius 3 is 2.07 bits per heavy atom. The number of rotatable bonds is 13. The molecule has 0 heterocycles. The number of carbonyl (C=O) groups excluding carboxylic acids is 4. The van der Waals surface area contributed by atoms with Gasteiger partial charge in [-0.1, -0.05) is 0 Å². The van der Waals surface area contributed by atoms with Crippen molar-refractivity contribution >= 4 is 24.0 Å². The van der Waals surface area contributed by atoms with Gasteiger partial charge in [0.25, 0.3) is 0 Å². The highest BCUT2D eigenvalue weighted by molar-refractivity contribution is 5.81.